The number of hydrogen-bond acceptors (Lipinski definition) is 2. The maximum absolute atomic E-state index is 12.4. The van der Waals surface area contributed by atoms with Gasteiger partial charge in [0.15, 0.2) is 0 Å². The molecule has 0 spiro atoms. The van der Waals surface area contributed by atoms with Gasteiger partial charge in [-0.2, -0.15) is 5.26 Å². The van der Waals surface area contributed by atoms with Crippen LogP contribution in [0.5, 0.6) is 0 Å². The lowest BCUT2D eigenvalue weighted by Crippen LogP contribution is -2.02. The van der Waals surface area contributed by atoms with Crippen LogP contribution in [0, 0.1) is 11.3 Å². The fourth-order valence-electron chi connectivity index (χ4n) is 0.790. The van der Waals surface area contributed by atoms with Crippen LogP contribution in [0.2, 0.25) is 0 Å². The van der Waals surface area contributed by atoms with Crippen LogP contribution in [-0.2, 0) is 0 Å². The molecule has 0 aliphatic carbocycles. The third-order valence-electron chi connectivity index (χ3n) is 1.31. The van der Waals surface area contributed by atoms with Crippen molar-refractivity contribution in [3.05, 3.63) is 35.8 Å². The summed E-state index contributed by atoms with van der Waals surface area (Å²) in [6, 6.07) is 1.98. The molecule has 0 aromatic heterocycles. The number of hydrogen-bond donors (Lipinski definition) is 0. The van der Waals surface area contributed by atoms with E-state index < -0.39 is 5.83 Å². The van der Waals surface area contributed by atoms with E-state index in [1.54, 1.807) is 32.1 Å². The van der Waals surface area contributed by atoms with Gasteiger partial charge in [0.05, 0.1) is 5.57 Å². The summed E-state index contributed by atoms with van der Waals surface area (Å²) in [5, 5.41) is 8.72. The van der Waals surface area contributed by atoms with Crippen LogP contribution in [0.25, 0.3) is 0 Å². The fraction of sp³-hybridized carbons (Fsp3) is 0.300. The average molecular weight is 180 g/mol. The number of allylic oxidation sites excluding steroid dienone is 4. The van der Waals surface area contributed by atoms with E-state index in [2.05, 4.69) is 6.58 Å². The van der Waals surface area contributed by atoms with Crippen molar-refractivity contribution in [2.45, 2.75) is 6.92 Å². The summed E-state index contributed by atoms with van der Waals surface area (Å²) in [4.78, 5) is 1.73. The van der Waals surface area contributed by atoms with E-state index in [-0.39, 0.29) is 0 Å². The fourth-order valence-corrected chi connectivity index (χ4v) is 0.790. The summed E-state index contributed by atoms with van der Waals surface area (Å²) in [7, 11) is 3.60. The number of nitriles is 1. The molecule has 0 amide bonds. The zero-order valence-corrected chi connectivity index (χ0v) is 8.13. The molecular formula is C10H13FN2. The van der Waals surface area contributed by atoms with Crippen molar-refractivity contribution >= 4 is 0 Å². The van der Waals surface area contributed by atoms with Gasteiger partial charge < -0.3 is 4.90 Å². The second-order valence-corrected chi connectivity index (χ2v) is 2.89. The predicted molar refractivity (Wildman–Crippen MR) is 51.4 cm³/mol. The Balaban J connectivity index is 4.82. The molecule has 0 unspecified atom stereocenters. The van der Waals surface area contributed by atoms with Crippen molar-refractivity contribution in [2.75, 3.05) is 14.1 Å². The standard InChI is InChI=1S/C10H13FN2/c1-8(5-9(2)11)10(6-12)7-13(3)4/h5,7H,2H2,1,3-4H3/b8-5+,10-7?. The Hall–Kier alpha value is -1.56. The first-order valence-electron chi connectivity index (χ1n) is 3.78. The Labute approximate surface area is 78.3 Å². The Bertz CT molecular complexity index is 293. The molecule has 0 saturated heterocycles. The second-order valence-electron chi connectivity index (χ2n) is 2.89. The molecule has 3 heteroatoms. The van der Waals surface area contributed by atoms with E-state index in [1.807, 2.05) is 6.07 Å². The Kier molecular flexibility index (Phi) is 4.53. The van der Waals surface area contributed by atoms with E-state index in [0.717, 1.165) is 0 Å². The van der Waals surface area contributed by atoms with E-state index in [1.165, 1.54) is 6.08 Å². The summed E-state index contributed by atoms with van der Waals surface area (Å²) < 4.78 is 12.4. The first-order valence-corrected chi connectivity index (χ1v) is 3.78. The van der Waals surface area contributed by atoms with Gasteiger partial charge in [0.25, 0.3) is 0 Å². The quantitative estimate of drug-likeness (QED) is 0.492. The van der Waals surface area contributed by atoms with Gasteiger partial charge in [0, 0.05) is 20.3 Å². The first kappa shape index (κ1) is 11.4. The lowest BCUT2D eigenvalue weighted by atomic mass is 10.1. The third kappa shape index (κ3) is 4.81. The largest absolute Gasteiger partial charge is 0.382 e. The highest BCUT2D eigenvalue weighted by molar-refractivity contribution is 5.42. The van der Waals surface area contributed by atoms with Crippen molar-refractivity contribution in [1.29, 1.82) is 5.26 Å². The smallest absolute Gasteiger partial charge is 0.116 e. The molecule has 0 rings (SSSR count). The summed E-state index contributed by atoms with van der Waals surface area (Å²) >= 11 is 0. The van der Waals surface area contributed by atoms with Crippen LogP contribution in [0.4, 0.5) is 4.39 Å². The highest BCUT2D eigenvalue weighted by atomic mass is 19.1. The first-order chi connectivity index (χ1) is 5.97. The van der Waals surface area contributed by atoms with Crippen LogP contribution in [0.15, 0.2) is 35.8 Å². The molecular weight excluding hydrogens is 167 g/mol. The topological polar surface area (TPSA) is 27.0 Å². The monoisotopic (exact) mass is 180 g/mol. The second kappa shape index (κ2) is 5.15. The molecule has 13 heavy (non-hydrogen) atoms. The van der Waals surface area contributed by atoms with Crippen molar-refractivity contribution in [1.82, 2.24) is 4.90 Å². The maximum atomic E-state index is 12.4. The highest BCUT2D eigenvalue weighted by Gasteiger charge is 1.99. The number of nitrogens with zero attached hydrogens (tertiary/aromatic N) is 2. The number of halogens is 1. The van der Waals surface area contributed by atoms with Gasteiger partial charge in [-0.25, -0.2) is 4.39 Å². The molecule has 0 N–H and O–H groups in total. The third-order valence-corrected chi connectivity index (χ3v) is 1.31. The SMILES string of the molecule is C=C(F)/C=C(\C)C(C#N)=CN(C)C. The van der Waals surface area contributed by atoms with Gasteiger partial charge in [0.1, 0.15) is 11.9 Å². The van der Waals surface area contributed by atoms with Gasteiger partial charge in [-0.05, 0) is 18.6 Å². The van der Waals surface area contributed by atoms with Crippen molar-refractivity contribution < 1.29 is 4.39 Å². The van der Waals surface area contributed by atoms with Gasteiger partial charge in [-0.3, -0.25) is 0 Å². The summed E-state index contributed by atoms with van der Waals surface area (Å²) in [6.07, 6.45) is 2.87. The summed E-state index contributed by atoms with van der Waals surface area (Å²) in [5.74, 6) is -0.544. The molecule has 0 heterocycles. The van der Waals surface area contributed by atoms with Gasteiger partial charge >= 0.3 is 0 Å². The Morgan fingerprint density at radius 1 is 1.54 bits per heavy atom. The van der Waals surface area contributed by atoms with Crippen molar-refractivity contribution in [2.24, 2.45) is 0 Å². The predicted octanol–water partition coefficient (Wildman–Crippen LogP) is 2.38. The van der Waals surface area contributed by atoms with Crippen LogP contribution in [0.1, 0.15) is 6.92 Å². The molecule has 2 nitrogen and oxygen atoms in total. The van der Waals surface area contributed by atoms with Crippen LogP contribution in [0.3, 0.4) is 0 Å². The molecule has 0 bridgehead atoms. The lowest BCUT2D eigenvalue weighted by Gasteiger charge is -2.06. The molecule has 0 aliphatic rings. The van der Waals surface area contributed by atoms with Gasteiger partial charge in [-0.15, -0.1) is 0 Å². The molecule has 70 valence electrons. The zero-order valence-electron chi connectivity index (χ0n) is 8.13. The molecule has 0 fully saturated rings. The molecule has 0 radical (unpaired) electrons. The van der Waals surface area contributed by atoms with E-state index >= 15 is 0 Å². The normalized spacial score (nSPS) is 12.2. The average Bonchev–Trinajstić information content (AvgIpc) is 1.98. The summed E-state index contributed by atoms with van der Waals surface area (Å²) in [6.45, 7) is 4.77. The minimum absolute atomic E-state index is 0.434. The van der Waals surface area contributed by atoms with Crippen LogP contribution in [-0.4, -0.2) is 19.0 Å². The van der Waals surface area contributed by atoms with Crippen LogP contribution < -0.4 is 0 Å². The molecule has 0 saturated carbocycles. The maximum Gasteiger partial charge on any atom is 0.116 e. The van der Waals surface area contributed by atoms with Gasteiger partial charge in [0.2, 0.25) is 0 Å². The lowest BCUT2D eigenvalue weighted by molar-refractivity contribution is 0.560. The summed E-state index contributed by atoms with van der Waals surface area (Å²) in [5.41, 5.74) is 1.01. The van der Waals surface area contributed by atoms with Gasteiger partial charge in [-0.1, -0.05) is 6.58 Å². The Morgan fingerprint density at radius 2 is 2.08 bits per heavy atom. The van der Waals surface area contributed by atoms with Crippen molar-refractivity contribution in [3.8, 4) is 6.07 Å². The van der Waals surface area contributed by atoms with E-state index in [4.69, 9.17) is 5.26 Å². The van der Waals surface area contributed by atoms with E-state index in [0.29, 0.717) is 11.1 Å². The molecule has 0 atom stereocenters. The van der Waals surface area contributed by atoms with Crippen molar-refractivity contribution in [3.63, 3.8) is 0 Å². The molecule has 0 aromatic carbocycles. The minimum atomic E-state index is -0.544. The highest BCUT2D eigenvalue weighted by Crippen LogP contribution is 2.11. The zero-order chi connectivity index (χ0) is 10.4. The minimum Gasteiger partial charge on any atom is -0.382 e. The Morgan fingerprint density at radius 3 is 2.38 bits per heavy atom. The van der Waals surface area contributed by atoms with E-state index in [9.17, 15) is 4.39 Å². The molecule has 0 aliphatic heterocycles. The molecule has 0 aromatic rings. The number of rotatable bonds is 3. The van der Waals surface area contributed by atoms with Crippen LogP contribution >= 0.6 is 0 Å².